The molecule has 184 valence electrons. The van der Waals surface area contributed by atoms with Crippen LogP contribution in [0, 0.1) is 0 Å². The van der Waals surface area contributed by atoms with Gasteiger partial charge in [-0.25, -0.2) is 4.79 Å². The van der Waals surface area contributed by atoms with E-state index in [1.54, 1.807) is 91.0 Å². The Kier molecular flexibility index (Phi) is 9.52. The van der Waals surface area contributed by atoms with E-state index in [0.29, 0.717) is 22.4 Å². The van der Waals surface area contributed by atoms with Gasteiger partial charge in [-0.05, 0) is 49.2 Å². The Bertz CT molecular complexity index is 1210. The fourth-order valence-corrected chi connectivity index (χ4v) is 3.33. The molecule has 0 fully saturated rings. The lowest BCUT2D eigenvalue weighted by molar-refractivity contribution is -0.143. The monoisotopic (exact) mass is 485 g/mol. The van der Waals surface area contributed by atoms with Gasteiger partial charge in [-0.3, -0.25) is 14.4 Å². The van der Waals surface area contributed by atoms with Crippen LogP contribution in [0.3, 0.4) is 0 Å². The molecule has 0 aliphatic carbocycles. The SMILES string of the molecule is COC(=O)[C@@H](CC/C(=C/NC(=O)c1ccccc1)NC(=O)c1ccccc1)NC(=O)c1ccccc1. The lowest BCUT2D eigenvalue weighted by Crippen LogP contribution is -2.42. The van der Waals surface area contributed by atoms with Gasteiger partial charge in [0, 0.05) is 28.6 Å². The van der Waals surface area contributed by atoms with Gasteiger partial charge in [-0.1, -0.05) is 54.6 Å². The summed E-state index contributed by atoms with van der Waals surface area (Å²) >= 11 is 0. The zero-order valence-corrected chi connectivity index (χ0v) is 19.8. The number of esters is 1. The smallest absolute Gasteiger partial charge is 0.328 e. The molecule has 8 nitrogen and oxygen atoms in total. The lowest BCUT2D eigenvalue weighted by atomic mass is 10.1. The van der Waals surface area contributed by atoms with E-state index in [2.05, 4.69) is 16.0 Å². The molecule has 8 heteroatoms. The fraction of sp³-hybridized carbons (Fsp3) is 0.143. The van der Waals surface area contributed by atoms with Crippen LogP contribution in [0.5, 0.6) is 0 Å². The number of carbonyl (C=O) groups excluding carboxylic acids is 4. The molecule has 3 aromatic carbocycles. The van der Waals surface area contributed by atoms with Crippen LogP contribution in [0.25, 0.3) is 0 Å². The van der Waals surface area contributed by atoms with E-state index in [1.807, 2.05) is 0 Å². The molecule has 0 aromatic heterocycles. The second-order valence-corrected chi connectivity index (χ2v) is 7.78. The maximum absolute atomic E-state index is 12.7. The van der Waals surface area contributed by atoms with Gasteiger partial charge in [-0.15, -0.1) is 0 Å². The van der Waals surface area contributed by atoms with Crippen LogP contribution in [0.2, 0.25) is 0 Å². The summed E-state index contributed by atoms with van der Waals surface area (Å²) in [6, 6.07) is 24.7. The van der Waals surface area contributed by atoms with Gasteiger partial charge in [0.2, 0.25) is 0 Å². The van der Waals surface area contributed by atoms with Crippen molar-refractivity contribution in [2.24, 2.45) is 0 Å². The topological polar surface area (TPSA) is 114 Å². The molecular formula is C28H27N3O5. The second kappa shape index (κ2) is 13.2. The molecule has 0 saturated heterocycles. The predicted molar refractivity (Wildman–Crippen MR) is 135 cm³/mol. The number of ether oxygens (including phenoxy) is 1. The summed E-state index contributed by atoms with van der Waals surface area (Å²) in [7, 11) is 1.23. The van der Waals surface area contributed by atoms with Crippen LogP contribution < -0.4 is 16.0 Å². The maximum atomic E-state index is 12.7. The highest BCUT2D eigenvalue weighted by molar-refractivity contribution is 5.97. The van der Waals surface area contributed by atoms with Gasteiger partial charge in [0.25, 0.3) is 17.7 Å². The Morgan fingerprint density at radius 1 is 0.722 bits per heavy atom. The van der Waals surface area contributed by atoms with E-state index < -0.39 is 17.9 Å². The minimum Gasteiger partial charge on any atom is -0.467 e. The van der Waals surface area contributed by atoms with Crippen LogP contribution in [-0.4, -0.2) is 36.8 Å². The first kappa shape index (κ1) is 25.9. The number of hydrogen-bond donors (Lipinski definition) is 3. The van der Waals surface area contributed by atoms with Gasteiger partial charge >= 0.3 is 5.97 Å². The average molecular weight is 486 g/mol. The minimum atomic E-state index is -0.968. The number of allylic oxidation sites excluding steroid dienone is 1. The largest absolute Gasteiger partial charge is 0.467 e. The molecular weight excluding hydrogens is 458 g/mol. The minimum absolute atomic E-state index is 0.118. The molecule has 0 unspecified atom stereocenters. The van der Waals surface area contributed by atoms with E-state index in [9.17, 15) is 19.2 Å². The van der Waals surface area contributed by atoms with Crippen LogP contribution in [0.15, 0.2) is 103 Å². The van der Waals surface area contributed by atoms with Gasteiger partial charge in [0.1, 0.15) is 6.04 Å². The van der Waals surface area contributed by atoms with E-state index in [4.69, 9.17) is 4.74 Å². The van der Waals surface area contributed by atoms with Gasteiger partial charge < -0.3 is 20.7 Å². The van der Waals surface area contributed by atoms with Crippen molar-refractivity contribution >= 4 is 23.7 Å². The standard InChI is InChI=1S/C28H27N3O5/c1-36-28(35)24(31-27(34)22-15-9-4-10-16-22)18-17-23(30-26(33)21-13-7-3-8-14-21)19-29-25(32)20-11-5-2-6-12-20/h2-16,19,24H,17-18H2,1H3,(H,29,32)(H,30,33)(H,31,34)/b23-19-/t24-/m1/s1. The Labute approximate surface area is 209 Å². The molecule has 1 atom stereocenters. The highest BCUT2D eigenvalue weighted by atomic mass is 16.5. The van der Waals surface area contributed by atoms with Gasteiger partial charge in [0.15, 0.2) is 0 Å². The lowest BCUT2D eigenvalue weighted by Gasteiger charge is -2.18. The molecule has 0 saturated carbocycles. The van der Waals surface area contributed by atoms with E-state index in [-0.39, 0.29) is 24.7 Å². The summed E-state index contributed by atoms with van der Waals surface area (Å²) in [5, 5.41) is 8.12. The van der Waals surface area contributed by atoms with E-state index in [1.165, 1.54) is 13.3 Å². The summed E-state index contributed by atoms with van der Waals surface area (Å²) in [4.78, 5) is 50.2. The molecule has 0 spiro atoms. The van der Waals surface area contributed by atoms with Crippen molar-refractivity contribution in [3.8, 4) is 0 Å². The Morgan fingerprint density at radius 2 is 1.19 bits per heavy atom. The summed E-state index contributed by atoms with van der Waals surface area (Å²) in [5.74, 6) is -1.79. The van der Waals surface area contributed by atoms with Crippen molar-refractivity contribution < 1.29 is 23.9 Å². The van der Waals surface area contributed by atoms with Crippen LogP contribution >= 0.6 is 0 Å². The third-order valence-corrected chi connectivity index (χ3v) is 5.25. The van der Waals surface area contributed by atoms with Crippen LogP contribution in [0.1, 0.15) is 43.9 Å². The third kappa shape index (κ3) is 7.66. The average Bonchev–Trinajstić information content (AvgIpc) is 2.94. The Hall–Kier alpha value is -4.72. The van der Waals surface area contributed by atoms with Crippen molar-refractivity contribution in [1.29, 1.82) is 0 Å². The van der Waals surface area contributed by atoms with Crippen molar-refractivity contribution in [1.82, 2.24) is 16.0 Å². The summed E-state index contributed by atoms with van der Waals surface area (Å²) < 4.78 is 4.86. The molecule has 36 heavy (non-hydrogen) atoms. The second-order valence-electron chi connectivity index (χ2n) is 7.78. The van der Waals surface area contributed by atoms with E-state index in [0.717, 1.165) is 0 Å². The van der Waals surface area contributed by atoms with Crippen molar-refractivity contribution in [2.45, 2.75) is 18.9 Å². The Balaban J connectivity index is 1.75. The number of benzene rings is 3. The molecule has 0 radical (unpaired) electrons. The van der Waals surface area contributed by atoms with E-state index >= 15 is 0 Å². The zero-order valence-electron chi connectivity index (χ0n) is 19.8. The summed E-state index contributed by atoms with van der Waals surface area (Å²) in [5.41, 5.74) is 1.63. The number of rotatable bonds is 10. The Morgan fingerprint density at radius 3 is 1.69 bits per heavy atom. The fourth-order valence-electron chi connectivity index (χ4n) is 3.33. The van der Waals surface area contributed by atoms with Crippen molar-refractivity contribution in [2.75, 3.05) is 7.11 Å². The first-order valence-electron chi connectivity index (χ1n) is 11.3. The molecule has 0 heterocycles. The van der Waals surface area contributed by atoms with Crippen LogP contribution in [0.4, 0.5) is 0 Å². The predicted octanol–water partition coefficient (Wildman–Crippen LogP) is 3.44. The van der Waals surface area contributed by atoms with Crippen LogP contribution in [-0.2, 0) is 9.53 Å². The zero-order chi connectivity index (χ0) is 25.8. The molecule has 0 aliphatic rings. The molecule has 0 bridgehead atoms. The van der Waals surface area contributed by atoms with Gasteiger partial charge in [-0.2, -0.15) is 0 Å². The molecule has 3 N–H and O–H groups in total. The molecule has 0 aliphatic heterocycles. The number of nitrogens with one attached hydrogen (secondary N) is 3. The molecule has 3 amide bonds. The summed E-state index contributed by atoms with van der Waals surface area (Å²) in [6.45, 7) is 0. The van der Waals surface area contributed by atoms with Crippen molar-refractivity contribution in [3.63, 3.8) is 0 Å². The first-order chi connectivity index (χ1) is 17.5. The molecule has 3 aromatic rings. The summed E-state index contributed by atoms with van der Waals surface area (Å²) in [6.07, 6.45) is 1.67. The van der Waals surface area contributed by atoms with Crippen molar-refractivity contribution in [3.05, 3.63) is 120 Å². The highest BCUT2D eigenvalue weighted by Gasteiger charge is 2.23. The maximum Gasteiger partial charge on any atom is 0.328 e. The molecule has 3 rings (SSSR count). The number of carbonyl (C=O) groups is 4. The number of amides is 3. The highest BCUT2D eigenvalue weighted by Crippen LogP contribution is 2.10. The third-order valence-electron chi connectivity index (χ3n) is 5.25. The van der Waals surface area contributed by atoms with Gasteiger partial charge in [0.05, 0.1) is 7.11 Å². The first-order valence-corrected chi connectivity index (χ1v) is 11.3. The normalized spacial score (nSPS) is 11.6. The number of hydrogen-bond acceptors (Lipinski definition) is 5. The quantitative estimate of drug-likeness (QED) is 0.381. The number of methoxy groups -OCH3 is 1.